The summed E-state index contributed by atoms with van der Waals surface area (Å²) in [6.45, 7) is 0. The summed E-state index contributed by atoms with van der Waals surface area (Å²) in [7, 11) is -2.98. The van der Waals surface area contributed by atoms with E-state index < -0.39 is 28.0 Å². The number of esters is 1. The minimum absolute atomic E-state index is 0.0346. The van der Waals surface area contributed by atoms with Crippen LogP contribution in [0.25, 0.3) is 11.1 Å². The van der Waals surface area contributed by atoms with Crippen LogP contribution in [0.5, 0.6) is 0 Å². The summed E-state index contributed by atoms with van der Waals surface area (Å²) < 4.78 is 33.0. The molecule has 4 N–H and O–H groups in total. The molecule has 0 bridgehead atoms. The molecule has 0 fully saturated rings. The monoisotopic (exact) mass is 523 g/mol. The molecule has 0 radical (unpaired) electrons. The molecule has 0 aliphatic heterocycles. The normalized spacial score (nSPS) is 10.9. The van der Waals surface area contributed by atoms with Crippen LogP contribution < -0.4 is 11.1 Å². The molecule has 1 amide bonds. The Labute approximate surface area is 214 Å². The maximum absolute atomic E-state index is 13.6. The van der Waals surface area contributed by atoms with Crippen molar-refractivity contribution in [2.75, 3.05) is 18.7 Å². The molecule has 3 rings (SSSR count). The third-order valence-electron chi connectivity index (χ3n) is 5.31. The Morgan fingerprint density at radius 2 is 1.59 bits per heavy atom. The molecule has 0 aliphatic carbocycles. The van der Waals surface area contributed by atoms with Gasteiger partial charge in [0.15, 0.2) is 0 Å². The average Bonchev–Trinajstić information content (AvgIpc) is 2.86. The molecule has 192 valence electrons. The molecule has 10 nitrogen and oxygen atoms in total. The number of nitrogens with one attached hydrogen (secondary N) is 2. The van der Waals surface area contributed by atoms with E-state index in [1.54, 1.807) is 42.5 Å². The number of aryl methyl sites for hydroxylation is 1. The van der Waals surface area contributed by atoms with Gasteiger partial charge in [-0.3, -0.25) is 15.0 Å². The van der Waals surface area contributed by atoms with Crippen LogP contribution in [0, 0.1) is 5.41 Å². The first-order valence-electron chi connectivity index (χ1n) is 11.0. The predicted molar refractivity (Wildman–Crippen MR) is 138 cm³/mol. The molecule has 0 spiro atoms. The van der Waals surface area contributed by atoms with Gasteiger partial charge in [-0.05, 0) is 47.4 Å². The number of anilines is 1. The van der Waals surface area contributed by atoms with Gasteiger partial charge in [0.25, 0.3) is 5.91 Å². The third-order valence-corrected chi connectivity index (χ3v) is 5.77. The topological polar surface area (TPSA) is 166 Å². The van der Waals surface area contributed by atoms with Crippen LogP contribution in [0.1, 0.15) is 38.3 Å². The molecule has 0 atom stereocenters. The highest BCUT2D eigenvalue weighted by molar-refractivity contribution is 7.86. The van der Waals surface area contributed by atoms with E-state index in [0.717, 1.165) is 6.26 Å². The van der Waals surface area contributed by atoms with Gasteiger partial charge in [0.05, 0.1) is 24.5 Å². The maximum Gasteiger partial charge on any atom is 0.355 e. The van der Waals surface area contributed by atoms with Gasteiger partial charge in [-0.15, -0.1) is 0 Å². The number of ether oxygens (including phenoxy) is 1. The van der Waals surface area contributed by atoms with Crippen molar-refractivity contribution in [3.63, 3.8) is 0 Å². The Kier molecular flexibility index (Phi) is 8.41. The summed E-state index contributed by atoms with van der Waals surface area (Å²) in [5.74, 6) is -2.64. The zero-order valence-corrected chi connectivity index (χ0v) is 20.9. The highest BCUT2D eigenvalue weighted by Gasteiger charge is 2.28. The van der Waals surface area contributed by atoms with Crippen molar-refractivity contribution in [2.45, 2.75) is 12.8 Å². The smallest absolute Gasteiger partial charge is 0.355 e. The van der Waals surface area contributed by atoms with Gasteiger partial charge >= 0.3 is 22.1 Å². The number of amides is 1. The lowest BCUT2D eigenvalue weighted by molar-refractivity contribution is -0.140. The lowest BCUT2D eigenvalue weighted by Crippen LogP contribution is -2.23. The van der Waals surface area contributed by atoms with E-state index in [2.05, 4.69) is 5.32 Å². The largest absolute Gasteiger partial charge is 0.469 e. The van der Waals surface area contributed by atoms with Crippen molar-refractivity contribution < 1.29 is 31.7 Å². The minimum atomic E-state index is -4.21. The van der Waals surface area contributed by atoms with E-state index in [0.29, 0.717) is 22.4 Å². The maximum atomic E-state index is 13.6. The van der Waals surface area contributed by atoms with Gasteiger partial charge in [0.2, 0.25) is 0 Å². The molecule has 11 heteroatoms. The third kappa shape index (κ3) is 7.01. The molecule has 0 aromatic heterocycles. The zero-order valence-electron chi connectivity index (χ0n) is 20.1. The molecular formula is C26H25N3O7S. The number of hydrogen-bond donors (Lipinski definition) is 3. The van der Waals surface area contributed by atoms with Crippen molar-refractivity contribution in [1.82, 2.24) is 0 Å². The first-order chi connectivity index (χ1) is 17.5. The number of carbonyl (C=O) groups is 3. The molecular weight excluding hydrogens is 498 g/mol. The Morgan fingerprint density at radius 3 is 2.16 bits per heavy atom. The van der Waals surface area contributed by atoms with Crippen molar-refractivity contribution in [3.05, 3.63) is 89.0 Å². The summed E-state index contributed by atoms with van der Waals surface area (Å²) in [4.78, 5) is 38.6. The van der Waals surface area contributed by atoms with Crippen molar-refractivity contribution in [2.24, 2.45) is 5.73 Å². The summed E-state index contributed by atoms with van der Waals surface area (Å²) in [6.07, 6.45) is 0.673. The number of carbonyl (C=O) groups excluding carboxylic acids is 3. The molecule has 0 heterocycles. The van der Waals surface area contributed by atoms with Crippen LogP contribution in [0.2, 0.25) is 0 Å². The molecule has 0 saturated heterocycles. The average molecular weight is 524 g/mol. The Morgan fingerprint density at radius 1 is 0.946 bits per heavy atom. The van der Waals surface area contributed by atoms with E-state index >= 15 is 0 Å². The number of methoxy groups -OCH3 is 1. The van der Waals surface area contributed by atoms with Gasteiger partial charge in [-0.25, -0.2) is 4.79 Å². The summed E-state index contributed by atoms with van der Waals surface area (Å²) >= 11 is 0. The fourth-order valence-corrected chi connectivity index (χ4v) is 3.99. The number of benzene rings is 3. The van der Waals surface area contributed by atoms with Gasteiger partial charge < -0.3 is 20.0 Å². The predicted octanol–water partition coefficient (Wildman–Crippen LogP) is 3.11. The summed E-state index contributed by atoms with van der Waals surface area (Å²) in [6, 6.07) is 17.9. The number of nitrogens with two attached hydrogens (primary N) is 1. The lowest BCUT2D eigenvalue weighted by atomic mass is 9.89. The van der Waals surface area contributed by atoms with E-state index in [4.69, 9.17) is 20.1 Å². The zero-order chi connectivity index (χ0) is 27.2. The van der Waals surface area contributed by atoms with Gasteiger partial charge in [-0.1, -0.05) is 42.5 Å². The van der Waals surface area contributed by atoms with Crippen LogP contribution in [0.4, 0.5) is 5.69 Å². The second-order valence-electron chi connectivity index (χ2n) is 7.98. The van der Waals surface area contributed by atoms with Gasteiger partial charge in [0, 0.05) is 17.7 Å². The molecule has 0 unspecified atom stereocenters. The molecule has 3 aromatic carbocycles. The van der Waals surface area contributed by atoms with Crippen LogP contribution in [0.15, 0.2) is 66.7 Å². The molecule has 0 saturated carbocycles. The molecule has 0 aliphatic rings. The number of hydrogen-bond acceptors (Lipinski definition) is 8. The minimum Gasteiger partial charge on any atom is -0.469 e. The first-order valence-corrected chi connectivity index (χ1v) is 12.8. The fourth-order valence-electron chi connectivity index (χ4n) is 3.63. The van der Waals surface area contributed by atoms with E-state index in [1.165, 1.54) is 31.4 Å². The van der Waals surface area contributed by atoms with Gasteiger partial charge in [-0.2, -0.15) is 8.42 Å². The first kappa shape index (κ1) is 27.1. The molecule has 3 aromatic rings. The van der Waals surface area contributed by atoms with Crippen molar-refractivity contribution >= 4 is 39.5 Å². The van der Waals surface area contributed by atoms with E-state index in [1.807, 2.05) is 0 Å². The van der Waals surface area contributed by atoms with E-state index in [-0.39, 0.29) is 35.4 Å². The number of rotatable bonds is 9. The van der Waals surface area contributed by atoms with Crippen LogP contribution in [0.3, 0.4) is 0 Å². The molecule has 37 heavy (non-hydrogen) atoms. The Bertz CT molecular complexity index is 1450. The highest BCUT2D eigenvalue weighted by atomic mass is 32.2. The highest BCUT2D eigenvalue weighted by Crippen LogP contribution is 2.31. The summed E-state index contributed by atoms with van der Waals surface area (Å²) in [5.41, 5.74) is 6.97. The second kappa shape index (κ2) is 11.5. The lowest BCUT2D eigenvalue weighted by Gasteiger charge is -2.18. The fraction of sp³-hybridized carbons (Fsp3) is 0.154. The second-order valence-corrected chi connectivity index (χ2v) is 9.56. The quantitative estimate of drug-likeness (QED) is 0.166. The van der Waals surface area contributed by atoms with Crippen LogP contribution >= 0.6 is 0 Å². The number of amidine groups is 1. The van der Waals surface area contributed by atoms with E-state index in [9.17, 15) is 22.8 Å². The Hall–Kier alpha value is -4.51. The van der Waals surface area contributed by atoms with Crippen molar-refractivity contribution in [3.8, 4) is 11.1 Å². The standard InChI is InChI=1S/C26H25N3O7S/c1-35-21(30)15-11-17-10-14-20(16-6-4-3-5-7-16)23(26(32)36-37(2,33)34)22(17)25(31)29-19-12-8-18(9-13-19)24(27)28/h3-10,12-14H,11,15H2,1-2H3,(H3,27,28)(H,29,31). The van der Waals surface area contributed by atoms with Crippen LogP contribution in [-0.2, 0) is 30.3 Å². The Balaban J connectivity index is 2.19. The summed E-state index contributed by atoms with van der Waals surface area (Å²) in [5, 5.41) is 10.2. The van der Waals surface area contributed by atoms with Gasteiger partial charge in [0.1, 0.15) is 5.84 Å². The SMILES string of the molecule is COC(=O)CCc1ccc(-c2ccccc2)c(C(=O)OS(C)(=O)=O)c1C(=O)Nc1ccc(C(=N)N)cc1. The number of nitrogen functional groups attached to an aromatic ring is 1. The van der Waals surface area contributed by atoms with Crippen molar-refractivity contribution in [1.29, 1.82) is 5.41 Å². The van der Waals surface area contributed by atoms with Crippen LogP contribution in [-0.4, -0.2) is 45.5 Å².